The monoisotopic (exact) mass is 499 g/mol. The maximum Gasteiger partial charge on any atom is 0.255 e. The van der Waals surface area contributed by atoms with Gasteiger partial charge in [-0.3, -0.25) is 4.79 Å². The van der Waals surface area contributed by atoms with E-state index < -0.39 is 0 Å². The largest absolute Gasteiger partial charge is 0.379 e. The van der Waals surface area contributed by atoms with Crippen LogP contribution in [0.25, 0.3) is 0 Å². The van der Waals surface area contributed by atoms with E-state index in [2.05, 4.69) is 64.3 Å². The first-order chi connectivity index (χ1) is 16.0. The molecule has 0 saturated heterocycles. The molecule has 0 aliphatic heterocycles. The molecule has 0 radical (unpaired) electrons. The number of anilines is 2. The summed E-state index contributed by atoms with van der Waals surface area (Å²) in [6.07, 6.45) is 0.938. The fraction of sp³-hybridized carbons (Fsp3) is 0.517. The second-order valence-electron chi connectivity index (χ2n) is 12.0. The first-order valence-electron chi connectivity index (χ1n) is 12.1. The van der Waals surface area contributed by atoms with E-state index in [9.17, 15) is 9.59 Å². The number of benzene rings is 2. The lowest BCUT2D eigenvalue weighted by Gasteiger charge is -2.29. The van der Waals surface area contributed by atoms with Gasteiger partial charge < -0.3 is 21.2 Å². The van der Waals surface area contributed by atoms with Gasteiger partial charge >= 0.3 is 0 Å². The number of nitrogens with two attached hydrogens (primary N) is 1. The summed E-state index contributed by atoms with van der Waals surface area (Å²) in [5, 5.41) is 6.78. The number of hydrogen-bond acceptors (Lipinski definition) is 5. The summed E-state index contributed by atoms with van der Waals surface area (Å²) >= 11 is 1.67. The molecule has 2 aromatic carbocycles. The van der Waals surface area contributed by atoms with Crippen molar-refractivity contribution in [2.75, 3.05) is 22.9 Å². The van der Waals surface area contributed by atoms with Crippen molar-refractivity contribution in [1.29, 1.82) is 0 Å². The van der Waals surface area contributed by atoms with Gasteiger partial charge in [0, 0.05) is 28.8 Å². The van der Waals surface area contributed by atoms with Gasteiger partial charge in [-0.25, -0.2) is 0 Å². The highest BCUT2D eigenvalue weighted by atomic mass is 32.2. The molecule has 5 nitrogen and oxygen atoms in total. The number of aryl methyl sites for hydroxylation is 1. The zero-order valence-corrected chi connectivity index (χ0v) is 24.1. The Balaban J connectivity index is 0.000000905. The van der Waals surface area contributed by atoms with Crippen molar-refractivity contribution >= 4 is 35.3 Å². The molecular weight excluding hydrogens is 454 g/mol. The number of aldehydes is 1. The first-order valence-corrected chi connectivity index (χ1v) is 13.1. The lowest BCUT2D eigenvalue weighted by atomic mass is 9.86. The SMILES string of the molecule is CC(C)(C)C=O.Cc1cccc(C(=O)Nc2cc(C(C)(C)C)cc(NC(C)(C)C)c2SCCN)c1. The van der Waals surface area contributed by atoms with Gasteiger partial charge in [-0.2, -0.15) is 0 Å². The maximum absolute atomic E-state index is 13.0. The summed E-state index contributed by atoms with van der Waals surface area (Å²) in [6.45, 7) is 21.2. The number of rotatable bonds is 6. The van der Waals surface area contributed by atoms with E-state index in [0.29, 0.717) is 12.1 Å². The molecule has 35 heavy (non-hydrogen) atoms. The molecule has 0 heterocycles. The number of hydrogen-bond donors (Lipinski definition) is 3. The molecule has 0 aliphatic carbocycles. The van der Waals surface area contributed by atoms with Gasteiger partial charge in [0.25, 0.3) is 5.91 Å². The highest BCUT2D eigenvalue weighted by Crippen LogP contribution is 2.40. The second-order valence-corrected chi connectivity index (χ2v) is 13.1. The summed E-state index contributed by atoms with van der Waals surface area (Å²) in [5.74, 6) is 0.678. The summed E-state index contributed by atoms with van der Waals surface area (Å²) in [4.78, 5) is 23.8. The minimum atomic E-state index is -0.139. The lowest BCUT2D eigenvalue weighted by Crippen LogP contribution is -2.27. The van der Waals surface area contributed by atoms with Gasteiger partial charge in [0.2, 0.25) is 0 Å². The third-order valence-electron chi connectivity index (χ3n) is 4.71. The van der Waals surface area contributed by atoms with Crippen LogP contribution >= 0.6 is 11.8 Å². The third kappa shape index (κ3) is 11.3. The highest BCUT2D eigenvalue weighted by molar-refractivity contribution is 7.99. The van der Waals surface area contributed by atoms with Crippen molar-refractivity contribution in [3.8, 4) is 0 Å². The van der Waals surface area contributed by atoms with Crippen molar-refractivity contribution in [2.45, 2.75) is 85.1 Å². The Morgan fingerprint density at radius 3 is 2.00 bits per heavy atom. The average Bonchev–Trinajstić information content (AvgIpc) is 2.71. The summed E-state index contributed by atoms with van der Waals surface area (Å²) in [5.41, 5.74) is 10.2. The zero-order valence-electron chi connectivity index (χ0n) is 23.3. The van der Waals surface area contributed by atoms with Crippen LogP contribution in [-0.2, 0) is 10.2 Å². The summed E-state index contributed by atoms with van der Waals surface area (Å²) in [6, 6.07) is 11.9. The molecule has 4 N–H and O–H groups in total. The lowest BCUT2D eigenvalue weighted by molar-refractivity contribution is -0.113. The van der Waals surface area contributed by atoms with E-state index in [1.54, 1.807) is 11.8 Å². The van der Waals surface area contributed by atoms with Crippen LogP contribution in [0.2, 0.25) is 0 Å². The van der Waals surface area contributed by atoms with Crippen LogP contribution in [0.15, 0.2) is 41.3 Å². The first kappa shape index (κ1) is 30.7. The van der Waals surface area contributed by atoms with E-state index in [1.165, 1.54) is 5.56 Å². The van der Waals surface area contributed by atoms with Crippen LogP contribution in [-0.4, -0.2) is 30.0 Å². The van der Waals surface area contributed by atoms with Crippen LogP contribution in [0, 0.1) is 12.3 Å². The molecule has 0 aromatic heterocycles. The predicted molar refractivity (Wildman–Crippen MR) is 153 cm³/mol. The number of thioether (sulfide) groups is 1. The molecular formula is C29H45N3O2S. The van der Waals surface area contributed by atoms with Crippen molar-refractivity contribution in [1.82, 2.24) is 0 Å². The molecule has 0 unspecified atom stereocenters. The maximum atomic E-state index is 13.0. The minimum Gasteiger partial charge on any atom is -0.379 e. The van der Waals surface area contributed by atoms with Gasteiger partial charge in [0.15, 0.2) is 0 Å². The number of carbonyl (C=O) groups excluding carboxylic acids is 2. The van der Waals surface area contributed by atoms with E-state index in [1.807, 2.05) is 52.0 Å². The van der Waals surface area contributed by atoms with Gasteiger partial charge in [-0.15, -0.1) is 11.8 Å². The molecule has 0 spiro atoms. The van der Waals surface area contributed by atoms with E-state index in [-0.39, 0.29) is 22.3 Å². The highest BCUT2D eigenvalue weighted by Gasteiger charge is 2.23. The molecule has 1 amide bonds. The predicted octanol–water partition coefficient (Wildman–Crippen LogP) is 7.04. The van der Waals surface area contributed by atoms with Crippen molar-refractivity contribution in [2.24, 2.45) is 11.1 Å². The Morgan fingerprint density at radius 2 is 1.54 bits per heavy atom. The number of nitrogens with one attached hydrogen (secondary N) is 2. The molecule has 0 aliphatic rings. The van der Waals surface area contributed by atoms with Crippen LogP contribution < -0.4 is 16.4 Å². The molecule has 2 rings (SSSR count). The average molecular weight is 500 g/mol. The Bertz CT molecular complexity index is 996. The second kappa shape index (κ2) is 12.6. The third-order valence-corrected chi connectivity index (χ3v) is 5.88. The number of amides is 1. The minimum absolute atomic E-state index is 0.0474. The zero-order chi connectivity index (χ0) is 27.0. The Labute approximate surface area is 217 Å². The Morgan fingerprint density at radius 1 is 0.971 bits per heavy atom. The normalized spacial score (nSPS) is 11.9. The van der Waals surface area contributed by atoms with Gasteiger partial charge in [0.1, 0.15) is 6.29 Å². The smallest absolute Gasteiger partial charge is 0.255 e. The van der Waals surface area contributed by atoms with Crippen molar-refractivity contribution < 1.29 is 9.59 Å². The van der Waals surface area contributed by atoms with Gasteiger partial charge in [-0.05, 0) is 62.9 Å². The molecule has 0 atom stereocenters. The van der Waals surface area contributed by atoms with Crippen LogP contribution in [0.1, 0.15) is 83.8 Å². The quantitative estimate of drug-likeness (QED) is 0.293. The fourth-order valence-corrected chi connectivity index (χ4v) is 3.80. The standard InChI is InChI=1S/C24H35N3OS.C5H10O/c1-16-9-8-10-17(13-16)22(28)26-19-14-18(23(2,3)4)15-20(27-24(5,6)7)21(19)29-12-11-25;1-5(2,3)4-6/h8-10,13-15,27H,11-12,25H2,1-7H3,(H,26,28);4H,1-3H3. The van der Waals surface area contributed by atoms with Crippen molar-refractivity contribution in [3.05, 3.63) is 53.1 Å². The molecule has 6 heteroatoms. The Kier molecular flexibility index (Phi) is 11.1. The van der Waals surface area contributed by atoms with Crippen molar-refractivity contribution in [3.63, 3.8) is 0 Å². The number of carbonyl (C=O) groups is 2. The molecule has 2 aromatic rings. The topological polar surface area (TPSA) is 84.2 Å². The molecule has 194 valence electrons. The van der Waals surface area contributed by atoms with E-state index in [0.717, 1.165) is 33.9 Å². The molecule has 0 saturated carbocycles. The van der Waals surface area contributed by atoms with Crippen LogP contribution in [0.3, 0.4) is 0 Å². The van der Waals surface area contributed by atoms with Crippen LogP contribution in [0.4, 0.5) is 11.4 Å². The van der Waals surface area contributed by atoms with Gasteiger partial charge in [0.05, 0.1) is 16.3 Å². The Hall–Kier alpha value is -2.31. The summed E-state index contributed by atoms with van der Waals surface area (Å²) < 4.78 is 0. The van der Waals surface area contributed by atoms with E-state index in [4.69, 9.17) is 5.73 Å². The van der Waals surface area contributed by atoms with E-state index >= 15 is 0 Å². The van der Waals surface area contributed by atoms with Crippen LogP contribution in [0.5, 0.6) is 0 Å². The molecule has 0 bridgehead atoms. The van der Waals surface area contributed by atoms with Gasteiger partial charge in [-0.1, -0.05) is 59.2 Å². The molecule has 0 fully saturated rings. The summed E-state index contributed by atoms with van der Waals surface area (Å²) in [7, 11) is 0. The fourth-order valence-electron chi connectivity index (χ4n) is 2.95.